The lowest BCUT2D eigenvalue weighted by Gasteiger charge is -2.23. The maximum absolute atomic E-state index is 12.2. The van der Waals surface area contributed by atoms with Crippen LogP contribution in [0.1, 0.15) is 56.2 Å². The molecule has 2 N–H and O–H groups in total. The zero-order valence-corrected chi connectivity index (χ0v) is 12.6. The first kappa shape index (κ1) is 15.6. The number of nitrogens with one attached hydrogen (secondary N) is 1. The monoisotopic (exact) mass is 285 g/mol. The minimum atomic E-state index is -0.129. The molecule has 1 unspecified atom stereocenters. The average Bonchev–Trinajstić information content (AvgIpc) is 2.54. The van der Waals surface area contributed by atoms with Crippen molar-refractivity contribution in [2.24, 2.45) is 5.92 Å². The SMILES string of the molecule is CC(NC(=O)C1CCCCC1)c1ccc(C#CCO)cc1. The smallest absolute Gasteiger partial charge is 0.223 e. The Bertz CT molecular complexity index is 518. The molecule has 3 nitrogen and oxygen atoms in total. The number of rotatable bonds is 3. The molecule has 0 aliphatic heterocycles. The van der Waals surface area contributed by atoms with E-state index >= 15 is 0 Å². The van der Waals surface area contributed by atoms with Crippen LogP contribution in [0.2, 0.25) is 0 Å². The first-order chi connectivity index (χ1) is 10.2. The highest BCUT2D eigenvalue weighted by Gasteiger charge is 2.22. The fraction of sp³-hybridized carbons (Fsp3) is 0.500. The Morgan fingerprint density at radius 1 is 1.29 bits per heavy atom. The van der Waals surface area contributed by atoms with E-state index in [2.05, 4.69) is 17.2 Å². The molecule has 1 amide bonds. The van der Waals surface area contributed by atoms with Crippen LogP contribution >= 0.6 is 0 Å². The largest absolute Gasteiger partial charge is 0.384 e. The van der Waals surface area contributed by atoms with Crippen LogP contribution in [-0.4, -0.2) is 17.6 Å². The molecule has 0 bridgehead atoms. The number of carbonyl (C=O) groups excluding carboxylic acids is 1. The first-order valence-electron chi connectivity index (χ1n) is 7.71. The van der Waals surface area contributed by atoms with Gasteiger partial charge in [0, 0.05) is 11.5 Å². The molecule has 1 saturated carbocycles. The van der Waals surface area contributed by atoms with Crippen LogP contribution < -0.4 is 5.32 Å². The molecule has 0 radical (unpaired) electrons. The third-order valence-electron chi connectivity index (χ3n) is 4.06. The summed E-state index contributed by atoms with van der Waals surface area (Å²) in [4.78, 5) is 12.2. The molecule has 0 heterocycles. The Balaban J connectivity index is 1.93. The highest BCUT2D eigenvalue weighted by molar-refractivity contribution is 5.79. The van der Waals surface area contributed by atoms with Gasteiger partial charge in [-0.1, -0.05) is 43.2 Å². The third kappa shape index (κ3) is 4.61. The van der Waals surface area contributed by atoms with Gasteiger partial charge >= 0.3 is 0 Å². The van der Waals surface area contributed by atoms with Crippen LogP contribution in [-0.2, 0) is 4.79 Å². The Morgan fingerprint density at radius 2 is 1.95 bits per heavy atom. The minimum absolute atomic E-state index is 0.0132. The molecule has 1 fully saturated rings. The molecular weight excluding hydrogens is 262 g/mol. The molecule has 3 heteroatoms. The number of hydrogen-bond acceptors (Lipinski definition) is 2. The highest BCUT2D eigenvalue weighted by atomic mass is 16.2. The summed E-state index contributed by atoms with van der Waals surface area (Å²) < 4.78 is 0. The van der Waals surface area contributed by atoms with Crippen LogP contribution in [0.15, 0.2) is 24.3 Å². The second-order valence-corrected chi connectivity index (χ2v) is 5.65. The average molecular weight is 285 g/mol. The Hall–Kier alpha value is -1.79. The molecule has 1 aliphatic rings. The van der Waals surface area contributed by atoms with E-state index in [0.29, 0.717) is 0 Å². The summed E-state index contributed by atoms with van der Waals surface area (Å²) in [5, 5.41) is 11.8. The van der Waals surface area contributed by atoms with Crippen molar-refractivity contribution in [1.29, 1.82) is 0 Å². The second kappa shape index (κ2) is 7.85. The number of aliphatic hydroxyl groups excluding tert-OH is 1. The Labute approximate surface area is 126 Å². The molecule has 0 aromatic heterocycles. The predicted molar refractivity (Wildman–Crippen MR) is 83.5 cm³/mol. The number of benzene rings is 1. The Kier molecular flexibility index (Phi) is 5.83. The second-order valence-electron chi connectivity index (χ2n) is 5.65. The first-order valence-corrected chi connectivity index (χ1v) is 7.71. The lowest BCUT2D eigenvalue weighted by molar-refractivity contribution is -0.126. The highest BCUT2D eigenvalue weighted by Crippen LogP contribution is 2.24. The van der Waals surface area contributed by atoms with Crippen molar-refractivity contribution in [3.63, 3.8) is 0 Å². The summed E-state index contributed by atoms with van der Waals surface area (Å²) in [6, 6.07) is 7.81. The Morgan fingerprint density at radius 3 is 2.57 bits per heavy atom. The predicted octanol–water partition coefficient (Wildman–Crippen LogP) is 2.79. The van der Waals surface area contributed by atoms with Crippen molar-refractivity contribution in [2.45, 2.75) is 45.1 Å². The molecular formula is C18H23NO2. The number of carbonyl (C=O) groups is 1. The van der Waals surface area contributed by atoms with E-state index in [9.17, 15) is 4.79 Å². The number of amides is 1. The van der Waals surface area contributed by atoms with Gasteiger partial charge in [-0.25, -0.2) is 0 Å². The maximum Gasteiger partial charge on any atom is 0.223 e. The van der Waals surface area contributed by atoms with E-state index in [1.807, 2.05) is 31.2 Å². The molecule has 1 aliphatic carbocycles. The zero-order valence-electron chi connectivity index (χ0n) is 12.6. The molecule has 0 spiro atoms. The third-order valence-corrected chi connectivity index (χ3v) is 4.06. The summed E-state index contributed by atoms with van der Waals surface area (Å²) in [5.74, 6) is 5.87. The zero-order chi connectivity index (χ0) is 15.1. The van der Waals surface area contributed by atoms with Crippen LogP contribution in [0, 0.1) is 17.8 Å². The number of aliphatic hydroxyl groups is 1. The summed E-state index contributed by atoms with van der Waals surface area (Å²) in [6.07, 6.45) is 5.65. The van der Waals surface area contributed by atoms with Gasteiger partial charge in [-0.3, -0.25) is 4.79 Å². The lowest BCUT2D eigenvalue weighted by Crippen LogP contribution is -2.33. The van der Waals surface area contributed by atoms with Gasteiger partial charge in [0.25, 0.3) is 0 Å². The van der Waals surface area contributed by atoms with E-state index < -0.39 is 0 Å². The van der Waals surface area contributed by atoms with Crippen molar-refractivity contribution >= 4 is 5.91 Å². The van der Waals surface area contributed by atoms with Gasteiger partial charge < -0.3 is 10.4 Å². The topological polar surface area (TPSA) is 49.3 Å². The van der Waals surface area contributed by atoms with Gasteiger partial charge in [0.1, 0.15) is 6.61 Å². The van der Waals surface area contributed by atoms with Crippen LogP contribution in [0.3, 0.4) is 0 Å². The van der Waals surface area contributed by atoms with E-state index in [0.717, 1.165) is 24.0 Å². The summed E-state index contributed by atoms with van der Waals surface area (Å²) in [6.45, 7) is 1.88. The van der Waals surface area contributed by atoms with E-state index in [4.69, 9.17) is 5.11 Å². The molecule has 2 rings (SSSR count). The van der Waals surface area contributed by atoms with Crippen LogP contribution in [0.4, 0.5) is 0 Å². The standard InChI is InChI=1S/C18H23NO2/c1-14(19-18(21)17-7-3-2-4-8-17)16-11-9-15(10-12-16)6-5-13-20/h9-12,14,17,20H,2-4,7-8,13H2,1H3,(H,19,21). The summed E-state index contributed by atoms with van der Waals surface area (Å²) in [5.41, 5.74) is 1.95. The van der Waals surface area contributed by atoms with Crippen molar-refractivity contribution in [3.05, 3.63) is 35.4 Å². The van der Waals surface area contributed by atoms with Crippen molar-refractivity contribution in [3.8, 4) is 11.8 Å². The number of hydrogen-bond donors (Lipinski definition) is 2. The van der Waals surface area contributed by atoms with E-state index in [1.165, 1.54) is 19.3 Å². The van der Waals surface area contributed by atoms with E-state index in [-0.39, 0.29) is 24.5 Å². The molecule has 1 aromatic rings. The van der Waals surface area contributed by atoms with E-state index in [1.54, 1.807) is 0 Å². The molecule has 112 valence electrons. The van der Waals surface area contributed by atoms with Gasteiger partial charge in [0.05, 0.1) is 6.04 Å². The van der Waals surface area contributed by atoms with Crippen LogP contribution in [0.25, 0.3) is 0 Å². The molecule has 1 atom stereocenters. The molecule has 0 saturated heterocycles. The maximum atomic E-state index is 12.2. The van der Waals surface area contributed by atoms with Crippen molar-refractivity contribution in [2.75, 3.05) is 6.61 Å². The minimum Gasteiger partial charge on any atom is -0.384 e. The normalized spacial score (nSPS) is 16.7. The fourth-order valence-corrected chi connectivity index (χ4v) is 2.78. The quantitative estimate of drug-likeness (QED) is 0.839. The summed E-state index contributed by atoms with van der Waals surface area (Å²) in [7, 11) is 0. The van der Waals surface area contributed by atoms with Gasteiger partial charge in [0.2, 0.25) is 5.91 Å². The van der Waals surface area contributed by atoms with Gasteiger partial charge in [-0.2, -0.15) is 0 Å². The summed E-state index contributed by atoms with van der Waals surface area (Å²) >= 11 is 0. The van der Waals surface area contributed by atoms with Gasteiger partial charge in [-0.05, 0) is 37.5 Å². The lowest BCUT2D eigenvalue weighted by atomic mass is 9.88. The fourth-order valence-electron chi connectivity index (χ4n) is 2.78. The van der Waals surface area contributed by atoms with Gasteiger partial charge in [-0.15, -0.1) is 0 Å². The van der Waals surface area contributed by atoms with Gasteiger partial charge in [0.15, 0.2) is 0 Å². The van der Waals surface area contributed by atoms with Crippen molar-refractivity contribution < 1.29 is 9.90 Å². The molecule has 1 aromatic carbocycles. The molecule has 21 heavy (non-hydrogen) atoms. The van der Waals surface area contributed by atoms with Crippen molar-refractivity contribution in [1.82, 2.24) is 5.32 Å². The van der Waals surface area contributed by atoms with Crippen LogP contribution in [0.5, 0.6) is 0 Å².